The first kappa shape index (κ1) is 24.1. The van der Waals surface area contributed by atoms with Crippen molar-refractivity contribution in [1.29, 1.82) is 0 Å². The van der Waals surface area contributed by atoms with Gasteiger partial charge in [-0.05, 0) is 74.7 Å². The van der Waals surface area contributed by atoms with E-state index in [1.165, 1.54) is 11.1 Å². The summed E-state index contributed by atoms with van der Waals surface area (Å²) in [4.78, 5) is 15.6. The summed E-state index contributed by atoms with van der Waals surface area (Å²) in [5.74, 6) is 1.03. The number of carbonyl (C=O) groups excluding carboxylic acids is 1. The van der Waals surface area contributed by atoms with Gasteiger partial charge in [-0.25, -0.2) is 4.79 Å². The fourth-order valence-electron chi connectivity index (χ4n) is 5.98. The SMILES string of the molecule is CCc1cc(Nc2cccc3c2C2(OC(=O)c4ccccc42)c2ccccc2O3)c(N(CC)CC)cc1C. The highest BCUT2D eigenvalue weighted by molar-refractivity contribution is 5.98. The summed E-state index contributed by atoms with van der Waals surface area (Å²) < 4.78 is 12.8. The Morgan fingerprint density at radius 2 is 1.53 bits per heavy atom. The minimum Gasteiger partial charge on any atom is -0.456 e. The number of fused-ring (bicyclic) bond motifs is 6. The Bertz CT molecular complexity index is 1560. The number of benzene rings is 4. The van der Waals surface area contributed by atoms with Crippen LogP contribution in [0.2, 0.25) is 0 Å². The van der Waals surface area contributed by atoms with Crippen LogP contribution < -0.4 is 15.0 Å². The zero-order valence-electron chi connectivity index (χ0n) is 22.3. The van der Waals surface area contributed by atoms with Gasteiger partial charge < -0.3 is 19.7 Å². The van der Waals surface area contributed by atoms with E-state index in [4.69, 9.17) is 9.47 Å². The van der Waals surface area contributed by atoms with Gasteiger partial charge in [0.25, 0.3) is 0 Å². The van der Waals surface area contributed by atoms with Crippen molar-refractivity contribution in [2.75, 3.05) is 23.3 Å². The van der Waals surface area contributed by atoms with Crippen LogP contribution in [0, 0.1) is 6.92 Å². The van der Waals surface area contributed by atoms with Crippen molar-refractivity contribution < 1.29 is 14.3 Å². The number of rotatable bonds is 6. The average molecular weight is 505 g/mol. The monoisotopic (exact) mass is 504 g/mol. The highest BCUT2D eigenvalue weighted by atomic mass is 16.6. The van der Waals surface area contributed by atoms with Crippen LogP contribution in [0.4, 0.5) is 17.1 Å². The molecule has 2 aliphatic heterocycles. The maximum atomic E-state index is 13.3. The molecule has 5 nitrogen and oxygen atoms in total. The Morgan fingerprint density at radius 1 is 0.816 bits per heavy atom. The van der Waals surface area contributed by atoms with E-state index in [0.717, 1.165) is 53.3 Å². The summed E-state index contributed by atoms with van der Waals surface area (Å²) in [7, 11) is 0. The third-order valence-electron chi connectivity index (χ3n) is 7.85. The van der Waals surface area contributed by atoms with E-state index in [2.05, 4.69) is 50.0 Å². The molecule has 2 aliphatic rings. The van der Waals surface area contributed by atoms with Crippen LogP contribution in [0.5, 0.6) is 11.5 Å². The molecule has 0 aliphatic carbocycles. The quantitative estimate of drug-likeness (QED) is 0.273. The Kier molecular flexibility index (Phi) is 5.87. The molecule has 1 N–H and O–H groups in total. The number of ether oxygens (including phenoxy) is 2. The largest absolute Gasteiger partial charge is 0.456 e. The summed E-state index contributed by atoms with van der Waals surface area (Å²) >= 11 is 0. The molecule has 6 rings (SSSR count). The maximum Gasteiger partial charge on any atom is 0.340 e. The lowest BCUT2D eigenvalue weighted by molar-refractivity contribution is 0.0227. The van der Waals surface area contributed by atoms with Gasteiger partial charge in [0.1, 0.15) is 11.5 Å². The first-order valence-electron chi connectivity index (χ1n) is 13.4. The minimum atomic E-state index is -1.12. The number of anilines is 3. The molecule has 0 bridgehead atoms. The van der Waals surface area contributed by atoms with Gasteiger partial charge in [-0.15, -0.1) is 0 Å². The lowest BCUT2D eigenvalue weighted by atomic mass is 9.77. The second kappa shape index (κ2) is 9.25. The van der Waals surface area contributed by atoms with Gasteiger partial charge in [0.05, 0.1) is 28.2 Å². The number of aryl methyl sites for hydroxylation is 2. The Labute approximate surface area is 224 Å². The molecular formula is C33H32N2O3. The molecule has 4 aromatic rings. The molecule has 5 heteroatoms. The van der Waals surface area contributed by atoms with Gasteiger partial charge in [0.15, 0.2) is 5.60 Å². The highest BCUT2D eigenvalue weighted by Gasteiger charge is 2.54. The van der Waals surface area contributed by atoms with Gasteiger partial charge >= 0.3 is 5.97 Å². The molecule has 0 amide bonds. The predicted octanol–water partition coefficient (Wildman–Crippen LogP) is 7.72. The van der Waals surface area contributed by atoms with Crippen LogP contribution in [0.25, 0.3) is 0 Å². The van der Waals surface area contributed by atoms with Crippen LogP contribution in [0.3, 0.4) is 0 Å². The molecular weight excluding hydrogens is 472 g/mol. The van der Waals surface area contributed by atoms with Gasteiger partial charge in [0.2, 0.25) is 0 Å². The zero-order valence-corrected chi connectivity index (χ0v) is 22.3. The normalized spacial score (nSPS) is 16.8. The van der Waals surface area contributed by atoms with Crippen LogP contribution in [-0.2, 0) is 16.8 Å². The van der Waals surface area contributed by atoms with Crippen molar-refractivity contribution in [3.8, 4) is 11.5 Å². The fourth-order valence-corrected chi connectivity index (χ4v) is 5.98. The molecule has 1 unspecified atom stereocenters. The van der Waals surface area contributed by atoms with Crippen molar-refractivity contribution in [3.05, 3.63) is 112 Å². The highest BCUT2D eigenvalue weighted by Crippen LogP contribution is 2.58. The van der Waals surface area contributed by atoms with E-state index in [0.29, 0.717) is 17.1 Å². The predicted molar refractivity (Wildman–Crippen MR) is 152 cm³/mol. The first-order chi connectivity index (χ1) is 18.5. The number of hydrogen-bond donors (Lipinski definition) is 1. The Hall–Kier alpha value is -4.25. The van der Waals surface area contributed by atoms with Crippen LogP contribution >= 0.6 is 0 Å². The maximum absolute atomic E-state index is 13.3. The summed E-state index contributed by atoms with van der Waals surface area (Å²) in [5, 5.41) is 3.77. The number of para-hydroxylation sites is 1. The number of esters is 1. The number of nitrogens with one attached hydrogen (secondary N) is 1. The fraction of sp³-hybridized carbons (Fsp3) is 0.242. The van der Waals surface area contributed by atoms with Crippen molar-refractivity contribution in [2.24, 2.45) is 0 Å². The standard InChI is InChI=1S/C33H32N2O3/c1-5-22-20-27(28(19-21(22)4)35(6-2)7-3)34-26-16-12-18-30-31(26)33(25-15-10-11-17-29(25)37-30)24-14-9-8-13-23(24)32(36)38-33/h8-20,34H,5-7H2,1-4H3. The molecule has 1 spiro atoms. The van der Waals surface area contributed by atoms with E-state index in [1.807, 2.05) is 66.7 Å². The number of nitrogens with zero attached hydrogens (tertiary/aromatic N) is 1. The molecule has 0 saturated carbocycles. The zero-order chi connectivity index (χ0) is 26.4. The van der Waals surface area contributed by atoms with Crippen LogP contribution in [-0.4, -0.2) is 19.1 Å². The van der Waals surface area contributed by atoms with Crippen LogP contribution in [0.1, 0.15) is 58.9 Å². The van der Waals surface area contributed by atoms with E-state index in [1.54, 1.807) is 0 Å². The Balaban J connectivity index is 1.60. The second-order valence-corrected chi connectivity index (χ2v) is 9.84. The molecule has 38 heavy (non-hydrogen) atoms. The van der Waals surface area contributed by atoms with Crippen molar-refractivity contribution >= 4 is 23.0 Å². The Morgan fingerprint density at radius 3 is 2.29 bits per heavy atom. The number of carbonyl (C=O) groups is 1. The minimum absolute atomic E-state index is 0.328. The van der Waals surface area contributed by atoms with Crippen molar-refractivity contribution in [2.45, 2.75) is 39.7 Å². The van der Waals surface area contributed by atoms with Gasteiger partial charge in [-0.2, -0.15) is 0 Å². The van der Waals surface area contributed by atoms with Gasteiger partial charge in [-0.1, -0.05) is 49.4 Å². The average Bonchev–Trinajstić information content (AvgIpc) is 3.23. The third kappa shape index (κ3) is 3.49. The first-order valence-corrected chi connectivity index (χ1v) is 13.4. The summed E-state index contributed by atoms with van der Waals surface area (Å²) in [6.07, 6.45) is 0.942. The molecule has 1 atom stereocenters. The second-order valence-electron chi connectivity index (χ2n) is 9.84. The van der Waals surface area contributed by atoms with E-state index < -0.39 is 5.60 Å². The molecule has 4 aromatic carbocycles. The summed E-state index contributed by atoms with van der Waals surface area (Å²) in [6.45, 7) is 10.5. The molecule has 0 aromatic heterocycles. The molecule has 0 radical (unpaired) electrons. The molecule has 2 heterocycles. The lowest BCUT2D eigenvalue weighted by Gasteiger charge is -2.38. The molecule has 0 fully saturated rings. The van der Waals surface area contributed by atoms with E-state index in [-0.39, 0.29) is 5.97 Å². The van der Waals surface area contributed by atoms with Crippen molar-refractivity contribution in [3.63, 3.8) is 0 Å². The number of hydrogen-bond acceptors (Lipinski definition) is 5. The van der Waals surface area contributed by atoms with E-state index >= 15 is 0 Å². The smallest absolute Gasteiger partial charge is 0.340 e. The van der Waals surface area contributed by atoms with Gasteiger partial charge in [0, 0.05) is 24.2 Å². The summed E-state index contributed by atoms with van der Waals surface area (Å²) in [5.41, 5.74) is 7.52. The van der Waals surface area contributed by atoms with Crippen LogP contribution in [0.15, 0.2) is 78.9 Å². The summed E-state index contributed by atoms with van der Waals surface area (Å²) in [6, 6.07) is 26.0. The molecule has 0 saturated heterocycles. The molecule has 192 valence electrons. The van der Waals surface area contributed by atoms with Gasteiger partial charge in [-0.3, -0.25) is 0 Å². The van der Waals surface area contributed by atoms with E-state index in [9.17, 15) is 4.79 Å². The topological polar surface area (TPSA) is 50.8 Å². The lowest BCUT2D eigenvalue weighted by Crippen LogP contribution is -2.33. The third-order valence-corrected chi connectivity index (χ3v) is 7.85. The van der Waals surface area contributed by atoms with Crippen molar-refractivity contribution in [1.82, 2.24) is 0 Å².